The van der Waals surface area contributed by atoms with E-state index in [1.54, 1.807) is 0 Å². The van der Waals surface area contributed by atoms with Crippen LogP contribution in [0.2, 0.25) is 5.02 Å². The Bertz CT molecular complexity index is 381. The third-order valence-electron chi connectivity index (χ3n) is 2.83. The number of nitrogens with zero attached hydrogens (tertiary/aromatic N) is 1. The molecule has 0 radical (unpaired) electrons. The number of benzene rings is 1. The van der Waals surface area contributed by atoms with Gasteiger partial charge in [-0.1, -0.05) is 36.7 Å². The van der Waals surface area contributed by atoms with E-state index >= 15 is 0 Å². The highest BCUT2D eigenvalue weighted by atomic mass is 35.5. The number of aliphatic carboxylic acids is 1. The average Bonchev–Trinajstić information content (AvgIpc) is 2.27. The van der Waals surface area contributed by atoms with Crippen LogP contribution < -0.4 is 0 Å². The molecule has 0 bridgehead atoms. The monoisotopic (exact) mass is 255 g/mol. The van der Waals surface area contributed by atoms with Gasteiger partial charge in [-0.25, -0.2) is 0 Å². The van der Waals surface area contributed by atoms with Crippen molar-refractivity contribution in [3.05, 3.63) is 34.9 Å². The van der Waals surface area contributed by atoms with Crippen molar-refractivity contribution in [2.75, 3.05) is 6.54 Å². The third kappa shape index (κ3) is 4.36. The molecule has 1 unspecified atom stereocenters. The standard InChI is InChI=1S/C13H18ClNO2/c1-3-15(10(2)8-13(16)17)9-11-6-4-5-7-12(11)14/h4-7,10H,3,8-9H2,1-2H3,(H,16,17). The number of carbonyl (C=O) groups is 1. The Kier molecular flexibility index (Phi) is 5.45. The molecule has 4 heteroatoms. The molecule has 3 nitrogen and oxygen atoms in total. The largest absolute Gasteiger partial charge is 0.481 e. The number of halogens is 1. The molecule has 0 aliphatic heterocycles. The van der Waals surface area contributed by atoms with Gasteiger partial charge in [-0.05, 0) is 25.1 Å². The average molecular weight is 256 g/mol. The Balaban J connectivity index is 2.70. The second kappa shape index (κ2) is 6.62. The van der Waals surface area contributed by atoms with E-state index < -0.39 is 5.97 Å². The fraction of sp³-hybridized carbons (Fsp3) is 0.462. The minimum atomic E-state index is -0.768. The van der Waals surface area contributed by atoms with Crippen molar-refractivity contribution in [2.24, 2.45) is 0 Å². The van der Waals surface area contributed by atoms with Gasteiger partial charge in [-0.3, -0.25) is 9.69 Å². The van der Waals surface area contributed by atoms with E-state index in [1.807, 2.05) is 38.1 Å². The predicted octanol–water partition coefficient (Wildman–Crippen LogP) is 3.03. The molecule has 0 aromatic heterocycles. The number of carboxylic acid groups (broad SMARTS) is 1. The van der Waals surface area contributed by atoms with Crippen LogP contribution in [0.15, 0.2) is 24.3 Å². The zero-order valence-electron chi connectivity index (χ0n) is 10.2. The van der Waals surface area contributed by atoms with E-state index in [0.717, 1.165) is 17.1 Å². The van der Waals surface area contributed by atoms with Gasteiger partial charge >= 0.3 is 5.97 Å². The summed E-state index contributed by atoms with van der Waals surface area (Å²) < 4.78 is 0. The second-order valence-corrected chi connectivity index (χ2v) is 4.51. The third-order valence-corrected chi connectivity index (χ3v) is 3.20. The molecule has 1 atom stereocenters. The van der Waals surface area contributed by atoms with Crippen molar-refractivity contribution < 1.29 is 9.90 Å². The molecule has 1 N–H and O–H groups in total. The molecule has 1 aromatic rings. The molecule has 0 aliphatic rings. The van der Waals surface area contributed by atoms with E-state index in [1.165, 1.54) is 0 Å². The highest BCUT2D eigenvalue weighted by Crippen LogP contribution is 2.18. The zero-order valence-corrected chi connectivity index (χ0v) is 10.9. The lowest BCUT2D eigenvalue weighted by molar-refractivity contribution is -0.138. The molecule has 0 amide bonds. The fourth-order valence-corrected chi connectivity index (χ4v) is 2.00. The summed E-state index contributed by atoms with van der Waals surface area (Å²) >= 11 is 6.09. The molecule has 17 heavy (non-hydrogen) atoms. The molecule has 0 saturated heterocycles. The van der Waals surface area contributed by atoms with Gasteiger partial charge in [0.2, 0.25) is 0 Å². The van der Waals surface area contributed by atoms with E-state index in [2.05, 4.69) is 4.90 Å². The molecular formula is C13H18ClNO2. The maximum atomic E-state index is 10.7. The van der Waals surface area contributed by atoms with E-state index in [-0.39, 0.29) is 12.5 Å². The zero-order chi connectivity index (χ0) is 12.8. The lowest BCUT2D eigenvalue weighted by Gasteiger charge is -2.27. The molecule has 1 rings (SSSR count). The van der Waals surface area contributed by atoms with Crippen LogP contribution in [0.25, 0.3) is 0 Å². The Hall–Kier alpha value is -1.06. The summed E-state index contributed by atoms with van der Waals surface area (Å²) in [4.78, 5) is 12.8. The summed E-state index contributed by atoms with van der Waals surface area (Å²) in [6.45, 7) is 5.44. The topological polar surface area (TPSA) is 40.5 Å². The summed E-state index contributed by atoms with van der Waals surface area (Å²) in [6.07, 6.45) is 0.151. The molecular weight excluding hydrogens is 238 g/mol. The minimum Gasteiger partial charge on any atom is -0.481 e. The van der Waals surface area contributed by atoms with Gasteiger partial charge < -0.3 is 5.11 Å². The van der Waals surface area contributed by atoms with Crippen molar-refractivity contribution in [1.82, 2.24) is 4.90 Å². The summed E-state index contributed by atoms with van der Waals surface area (Å²) in [7, 11) is 0. The smallest absolute Gasteiger partial charge is 0.304 e. The fourth-order valence-electron chi connectivity index (χ4n) is 1.81. The van der Waals surface area contributed by atoms with Crippen LogP contribution in [0.3, 0.4) is 0 Å². The van der Waals surface area contributed by atoms with E-state index in [4.69, 9.17) is 16.7 Å². The van der Waals surface area contributed by atoms with Crippen molar-refractivity contribution in [3.8, 4) is 0 Å². The van der Waals surface area contributed by atoms with Crippen LogP contribution in [0.4, 0.5) is 0 Å². The lowest BCUT2D eigenvalue weighted by atomic mass is 10.1. The Morgan fingerprint density at radius 3 is 2.65 bits per heavy atom. The van der Waals surface area contributed by atoms with Crippen LogP contribution in [-0.2, 0) is 11.3 Å². The molecule has 0 spiro atoms. The first-order chi connectivity index (χ1) is 8.04. The van der Waals surface area contributed by atoms with Gasteiger partial charge in [0.15, 0.2) is 0 Å². The van der Waals surface area contributed by atoms with Gasteiger partial charge in [0.1, 0.15) is 0 Å². The number of hydrogen-bond donors (Lipinski definition) is 1. The Morgan fingerprint density at radius 1 is 1.47 bits per heavy atom. The van der Waals surface area contributed by atoms with Gasteiger partial charge in [0, 0.05) is 17.6 Å². The maximum Gasteiger partial charge on any atom is 0.304 e. The van der Waals surface area contributed by atoms with Crippen LogP contribution in [0.1, 0.15) is 25.8 Å². The van der Waals surface area contributed by atoms with Crippen LogP contribution in [0, 0.1) is 0 Å². The Labute approximate surface area is 107 Å². The SMILES string of the molecule is CCN(Cc1ccccc1Cl)C(C)CC(=O)O. The first-order valence-corrected chi connectivity index (χ1v) is 6.11. The van der Waals surface area contributed by atoms with Crippen molar-refractivity contribution >= 4 is 17.6 Å². The van der Waals surface area contributed by atoms with Crippen LogP contribution in [0.5, 0.6) is 0 Å². The summed E-state index contributed by atoms with van der Waals surface area (Å²) in [6, 6.07) is 7.67. The minimum absolute atomic E-state index is 0.00812. The second-order valence-electron chi connectivity index (χ2n) is 4.10. The van der Waals surface area contributed by atoms with Gasteiger partial charge in [0.05, 0.1) is 6.42 Å². The first kappa shape index (κ1) is 14.0. The highest BCUT2D eigenvalue weighted by molar-refractivity contribution is 6.31. The highest BCUT2D eigenvalue weighted by Gasteiger charge is 2.16. The molecule has 0 heterocycles. The maximum absolute atomic E-state index is 10.7. The number of hydrogen-bond acceptors (Lipinski definition) is 2. The normalized spacial score (nSPS) is 12.7. The quantitative estimate of drug-likeness (QED) is 0.850. The molecule has 0 saturated carbocycles. The lowest BCUT2D eigenvalue weighted by Crippen LogP contribution is -2.34. The predicted molar refractivity (Wildman–Crippen MR) is 69.3 cm³/mol. The molecule has 1 aromatic carbocycles. The first-order valence-electron chi connectivity index (χ1n) is 5.73. The van der Waals surface area contributed by atoms with Crippen molar-refractivity contribution in [1.29, 1.82) is 0 Å². The van der Waals surface area contributed by atoms with Crippen LogP contribution in [-0.4, -0.2) is 28.6 Å². The van der Waals surface area contributed by atoms with Crippen molar-refractivity contribution in [2.45, 2.75) is 32.9 Å². The summed E-state index contributed by atoms with van der Waals surface area (Å²) in [5.74, 6) is -0.768. The van der Waals surface area contributed by atoms with E-state index in [0.29, 0.717) is 6.54 Å². The molecule has 0 fully saturated rings. The summed E-state index contributed by atoms with van der Waals surface area (Å²) in [5.41, 5.74) is 1.04. The van der Waals surface area contributed by atoms with Crippen molar-refractivity contribution in [3.63, 3.8) is 0 Å². The molecule has 0 aliphatic carbocycles. The number of rotatable bonds is 6. The molecule has 94 valence electrons. The Morgan fingerprint density at radius 2 is 2.12 bits per heavy atom. The van der Waals surface area contributed by atoms with Crippen LogP contribution >= 0.6 is 11.6 Å². The summed E-state index contributed by atoms with van der Waals surface area (Å²) in [5, 5.41) is 9.53. The van der Waals surface area contributed by atoms with Gasteiger partial charge in [0.25, 0.3) is 0 Å². The number of carboxylic acids is 1. The van der Waals surface area contributed by atoms with Gasteiger partial charge in [-0.2, -0.15) is 0 Å². The van der Waals surface area contributed by atoms with Gasteiger partial charge in [-0.15, -0.1) is 0 Å². The van der Waals surface area contributed by atoms with E-state index in [9.17, 15) is 4.79 Å².